The van der Waals surface area contributed by atoms with Crippen molar-refractivity contribution in [3.05, 3.63) is 52.3 Å². The van der Waals surface area contributed by atoms with E-state index in [1.54, 1.807) is 18.2 Å². The van der Waals surface area contributed by atoms with Gasteiger partial charge in [0.1, 0.15) is 22.1 Å². The van der Waals surface area contributed by atoms with E-state index in [9.17, 15) is 9.90 Å². The Morgan fingerprint density at radius 2 is 2.09 bits per heavy atom. The first-order valence-corrected chi connectivity index (χ1v) is 13.1. The highest BCUT2D eigenvalue weighted by Gasteiger charge is 2.23. The van der Waals surface area contributed by atoms with Gasteiger partial charge in [-0.3, -0.25) is 4.79 Å². The number of nitrogens with two attached hydrogens (primary N) is 2. The van der Waals surface area contributed by atoms with E-state index in [0.29, 0.717) is 29.1 Å². The van der Waals surface area contributed by atoms with Gasteiger partial charge in [-0.2, -0.15) is 0 Å². The number of hydrogen-bond donors (Lipinski definition) is 4. The smallest absolute Gasteiger partial charge is 0.243 e. The molecule has 0 radical (unpaired) electrons. The summed E-state index contributed by atoms with van der Waals surface area (Å²) in [6, 6.07) is 7.64. The molecule has 0 aliphatic carbocycles. The van der Waals surface area contributed by atoms with Crippen LogP contribution in [0.4, 0.5) is 5.82 Å². The fraction of sp³-hybridized carbons (Fsp3) is 0.458. The average molecular weight is 505 g/mol. The van der Waals surface area contributed by atoms with Gasteiger partial charge in [0.2, 0.25) is 5.91 Å². The van der Waals surface area contributed by atoms with Gasteiger partial charge in [-0.05, 0) is 49.3 Å². The summed E-state index contributed by atoms with van der Waals surface area (Å²) in [5, 5.41) is 15.1. The molecule has 0 spiro atoms. The fourth-order valence-electron chi connectivity index (χ4n) is 4.17. The maximum atomic E-state index is 11.4. The molecule has 0 unspecified atom stereocenters. The van der Waals surface area contributed by atoms with Crippen LogP contribution >= 0.6 is 23.4 Å². The topological polar surface area (TPSA) is 130 Å². The van der Waals surface area contributed by atoms with Crippen LogP contribution in [0.1, 0.15) is 49.1 Å². The number of thioether (sulfide) groups is 1. The molecule has 1 aliphatic rings. The van der Waals surface area contributed by atoms with E-state index in [-0.39, 0.29) is 0 Å². The zero-order valence-electron chi connectivity index (χ0n) is 19.6. The third-order valence-electron chi connectivity index (χ3n) is 5.85. The highest BCUT2D eigenvalue weighted by Crippen LogP contribution is 2.31. The zero-order valence-corrected chi connectivity index (χ0v) is 21.2. The van der Waals surface area contributed by atoms with Crippen molar-refractivity contribution >= 4 is 40.8 Å². The van der Waals surface area contributed by atoms with Gasteiger partial charge in [-0.15, -0.1) is 11.8 Å². The number of nitrogens with one attached hydrogen (secondary N) is 1. The summed E-state index contributed by atoms with van der Waals surface area (Å²) in [5.74, 6) is 0.354. The third-order valence-corrected chi connectivity index (χ3v) is 6.74. The molecule has 3 rings (SSSR count). The number of aromatic nitrogens is 2. The van der Waals surface area contributed by atoms with Gasteiger partial charge in [-0.1, -0.05) is 31.0 Å². The van der Waals surface area contributed by atoms with Crippen LogP contribution in [-0.4, -0.2) is 52.9 Å². The Labute approximate surface area is 210 Å². The lowest BCUT2D eigenvalue weighted by molar-refractivity contribution is -0.113. The number of piperidine rings is 1. The maximum absolute atomic E-state index is 11.4. The first-order valence-electron chi connectivity index (χ1n) is 11.5. The van der Waals surface area contributed by atoms with Crippen molar-refractivity contribution in [1.29, 1.82) is 0 Å². The molecule has 0 saturated carbocycles. The van der Waals surface area contributed by atoms with Gasteiger partial charge in [0, 0.05) is 43.0 Å². The maximum Gasteiger partial charge on any atom is 0.243 e. The largest absolute Gasteiger partial charge is 0.398 e. The molecule has 1 aliphatic heterocycles. The minimum atomic E-state index is -0.703. The van der Waals surface area contributed by atoms with Crippen molar-refractivity contribution in [2.45, 2.75) is 49.8 Å². The number of aliphatic hydroxyl groups excluding tert-OH is 1. The molecule has 3 heterocycles. The molecule has 2 aromatic heterocycles. The van der Waals surface area contributed by atoms with E-state index in [0.717, 1.165) is 60.7 Å². The number of nitrogens with zero attached hydrogens (tertiary/aromatic N) is 3. The zero-order chi connectivity index (χ0) is 24.7. The van der Waals surface area contributed by atoms with Crippen LogP contribution in [0.2, 0.25) is 5.15 Å². The fourth-order valence-corrected chi connectivity index (χ4v) is 4.98. The first-order chi connectivity index (χ1) is 16.3. The van der Waals surface area contributed by atoms with Crippen molar-refractivity contribution in [2.24, 2.45) is 11.5 Å². The molecule has 0 bridgehead atoms. The van der Waals surface area contributed by atoms with Crippen LogP contribution in [0.15, 0.2) is 35.4 Å². The Kier molecular flexibility index (Phi) is 9.58. The monoisotopic (exact) mass is 504 g/mol. The predicted molar refractivity (Wildman–Crippen MR) is 139 cm³/mol. The van der Waals surface area contributed by atoms with Crippen LogP contribution in [-0.2, 0) is 11.2 Å². The predicted octanol–water partition coefficient (Wildman–Crippen LogP) is 2.88. The molecule has 10 heteroatoms. The quantitative estimate of drug-likeness (QED) is 0.221. The van der Waals surface area contributed by atoms with Gasteiger partial charge in [-0.25, -0.2) is 9.97 Å². The summed E-state index contributed by atoms with van der Waals surface area (Å²) >= 11 is 7.44. The number of pyridine rings is 2. The number of carbonyl (C=O) groups excluding carboxylic acids is 1. The van der Waals surface area contributed by atoms with Crippen LogP contribution in [0.5, 0.6) is 0 Å². The van der Waals surface area contributed by atoms with Gasteiger partial charge >= 0.3 is 0 Å². The highest BCUT2D eigenvalue weighted by atomic mass is 35.5. The van der Waals surface area contributed by atoms with E-state index in [4.69, 9.17) is 28.1 Å². The number of aliphatic hydroxyl groups is 1. The van der Waals surface area contributed by atoms with Crippen LogP contribution < -0.4 is 21.7 Å². The van der Waals surface area contributed by atoms with Gasteiger partial charge in [0.25, 0.3) is 0 Å². The number of carbonyl (C=O) groups is 1. The first kappa shape index (κ1) is 26.3. The Morgan fingerprint density at radius 3 is 2.71 bits per heavy atom. The summed E-state index contributed by atoms with van der Waals surface area (Å²) in [5.41, 5.74) is 14.3. The molecule has 6 N–H and O–H groups in total. The van der Waals surface area contributed by atoms with Crippen molar-refractivity contribution in [3.63, 3.8) is 0 Å². The lowest BCUT2D eigenvalue weighted by Crippen LogP contribution is -2.44. The molecule has 0 aromatic carbocycles. The molecule has 34 heavy (non-hydrogen) atoms. The highest BCUT2D eigenvalue weighted by molar-refractivity contribution is 7.98. The Bertz CT molecular complexity index is 1030. The SMILES string of the molecule is CCCc1cc(N2CCC(NC[C@H](O)c3cccc(Cl)n3)CC2)nc(SC)c1/C(N)=C/C(N)=O. The molecular weight excluding hydrogens is 472 g/mol. The number of amides is 1. The standard InChI is InChI=1S/C24H33ClN6O2S/c1-3-5-15-12-22(30-24(34-2)23(15)17(26)13-21(27)33)31-10-8-16(9-11-31)28-14-19(32)18-6-4-7-20(25)29-18/h4,6-7,12-13,16,19,28,32H,3,5,8-11,14,26H2,1-2H3,(H2,27,33)/b17-13-/t19-/m0/s1. The average Bonchev–Trinajstić information content (AvgIpc) is 2.82. The van der Waals surface area contributed by atoms with Crippen LogP contribution in [0.3, 0.4) is 0 Å². The van der Waals surface area contributed by atoms with Gasteiger partial charge < -0.3 is 26.8 Å². The summed E-state index contributed by atoms with van der Waals surface area (Å²) in [6.45, 7) is 4.23. The lowest BCUT2D eigenvalue weighted by atomic mass is 10.0. The number of aryl methyl sites for hydroxylation is 1. The number of rotatable bonds is 10. The summed E-state index contributed by atoms with van der Waals surface area (Å²) in [7, 11) is 0. The van der Waals surface area contributed by atoms with Gasteiger partial charge in [0.15, 0.2) is 0 Å². The second-order valence-electron chi connectivity index (χ2n) is 8.35. The molecule has 8 nitrogen and oxygen atoms in total. The summed E-state index contributed by atoms with van der Waals surface area (Å²) in [6.07, 6.45) is 6.16. The van der Waals surface area contributed by atoms with E-state index >= 15 is 0 Å². The number of halogens is 1. The Hall–Kier alpha value is -2.33. The summed E-state index contributed by atoms with van der Waals surface area (Å²) < 4.78 is 0. The molecule has 1 fully saturated rings. The van der Waals surface area contributed by atoms with Crippen molar-refractivity contribution < 1.29 is 9.90 Å². The van der Waals surface area contributed by atoms with E-state index in [2.05, 4.69) is 28.2 Å². The van der Waals surface area contributed by atoms with Gasteiger partial charge in [0.05, 0.1) is 5.69 Å². The van der Waals surface area contributed by atoms with Crippen LogP contribution in [0.25, 0.3) is 5.70 Å². The van der Waals surface area contributed by atoms with Crippen molar-refractivity contribution in [2.75, 3.05) is 30.8 Å². The van der Waals surface area contributed by atoms with Crippen LogP contribution in [0, 0.1) is 0 Å². The molecule has 1 atom stereocenters. The molecule has 1 saturated heterocycles. The molecule has 2 aromatic rings. The third kappa shape index (κ3) is 6.85. The Morgan fingerprint density at radius 1 is 1.35 bits per heavy atom. The normalized spacial score (nSPS) is 16.0. The summed E-state index contributed by atoms with van der Waals surface area (Å²) in [4.78, 5) is 22.7. The minimum absolute atomic E-state index is 0.300. The Balaban J connectivity index is 1.67. The second-order valence-corrected chi connectivity index (χ2v) is 9.53. The van der Waals surface area contributed by atoms with E-state index < -0.39 is 12.0 Å². The second kappa shape index (κ2) is 12.4. The number of primary amides is 1. The molecule has 184 valence electrons. The number of hydrogen-bond acceptors (Lipinski definition) is 8. The van der Waals surface area contributed by atoms with E-state index in [1.807, 2.05) is 6.26 Å². The lowest BCUT2D eigenvalue weighted by Gasteiger charge is -2.34. The van der Waals surface area contributed by atoms with Crippen molar-refractivity contribution in [1.82, 2.24) is 15.3 Å². The van der Waals surface area contributed by atoms with Crippen molar-refractivity contribution in [3.8, 4) is 0 Å². The molecule has 1 amide bonds. The minimum Gasteiger partial charge on any atom is -0.398 e. The number of anilines is 1. The molecular formula is C24H33ClN6O2S. The van der Waals surface area contributed by atoms with E-state index in [1.165, 1.54) is 17.8 Å².